The van der Waals surface area contributed by atoms with Crippen molar-refractivity contribution in [3.05, 3.63) is 16.3 Å². The van der Waals surface area contributed by atoms with Gasteiger partial charge in [0.15, 0.2) is 0 Å². The van der Waals surface area contributed by atoms with Crippen LogP contribution in [0.15, 0.2) is 11.4 Å². The Balaban J connectivity index is 2.42. The number of morpholine rings is 1. The molecule has 1 aromatic rings. The van der Waals surface area contributed by atoms with Gasteiger partial charge in [0.1, 0.15) is 18.1 Å². The first kappa shape index (κ1) is 10.8. The van der Waals surface area contributed by atoms with Gasteiger partial charge in [0, 0.05) is 0 Å². The van der Waals surface area contributed by atoms with Gasteiger partial charge in [0.2, 0.25) is 0 Å². The number of amides is 2. The summed E-state index contributed by atoms with van der Waals surface area (Å²) in [5.41, 5.74) is 0.121. The summed E-state index contributed by atoms with van der Waals surface area (Å²) in [5, 5.41) is 10.4. The average Bonchev–Trinajstić information content (AvgIpc) is 2.66. The second kappa shape index (κ2) is 4.03. The molecule has 2 amide bonds. The van der Waals surface area contributed by atoms with Crippen molar-refractivity contribution < 1.29 is 24.2 Å². The van der Waals surface area contributed by atoms with E-state index in [9.17, 15) is 14.4 Å². The monoisotopic (exact) mass is 241 g/mol. The quantitative estimate of drug-likeness (QED) is 0.754. The lowest BCUT2D eigenvalue weighted by Crippen LogP contribution is -2.46. The molecular weight excluding hydrogens is 234 g/mol. The van der Waals surface area contributed by atoms with Crippen molar-refractivity contribution in [1.82, 2.24) is 0 Å². The number of aromatic carboxylic acids is 1. The maximum absolute atomic E-state index is 11.5. The molecule has 0 bridgehead atoms. The van der Waals surface area contributed by atoms with Crippen molar-refractivity contribution in [2.24, 2.45) is 0 Å². The Kier molecular flexibility index (Phi) is 2.71. The molecule has 0 spiro atoms. The second-order valence-corrected chi connectivity index (χ2v) is 3.97. The van der Waals surface area contributed by atoms with E-state index in [0.717, 1.165) is 16.2 Å². The van der Waals surface area contributed by atoms with Crippen LogP contribution in [0.4, 0.5) is 5.69 Å². The molecule has 1 saturated heterocycles. The van der Waals surface area contributed by atoms with E-state index in [0.29, 0.717) is 0 Å². The number of carboxylic acids is 1. The van der Waals surface area contributed by atoms with Gasteiger partial charge in [-0.2, -0.15) is 0 Å². The smallest absolute Gasteiger partial charge is 0.348 e. The minimum Gasteiger partial charge on any atom is -0.477 e. The molecule has 1 fully saturated rings. The third kappa shape index (κ3) is 1.70. The first-order valence-corrected chi connectivity index (χ1v) is 5.23. The average molecular weight is 241 g/mol. The molecule has 2 rings (SSSR count). The SMILES string of the molecule is O=C(O)c1sccc1N1C(=O)COCC1=O. The number of nitrogens with zero attached hydrogens (tertiary/aromatic N) is 1. The number of carbonyl (C=O) groups is 3. The van der Waals surface area contributed by atoms with Crippen LogP contribution >= 0.6 is 11.3 Å². The molecule has 0 atom stereocenters. The summed E-state index contributed by atoms with van der Waals surface area (Å²) in [6, 6.07) is 1.44. The summed E-state index contributed by atoms with van der Waals surface area (Å²) in [6.45, 7) is -0.415. The topological polar surface area (TPSA) is 83.9 Å². The van der Waals surface area contributed by atoms with E-state index in [2.05, 4.69) is 0 Å². The Labute approximate surface area is 94.0 Å². The largest absolute Gasteiger partial charge is 0.477 e. The predicted molar refractivity (Wildman–Crippen MR) is 54.6 cm³/mol. The standard InChI is InChI=1S/C9H7NO5S/c11-6-3-15-4-7(12)10(6)5-1-2-16-8(5)9(13)14/h1-2H,3-4H2,(H,13,14). The summed E-state index contributed by atoms with van der Waals surface area (Å²) >= 11 is 0.969. The van der Waals surface area contributed by atoms with E-state index in [1.54, 1.807) is 0 Å². The number of hydrogen-bond acceptors (Lipinski definition) is 5. The van der Waals surface area contributed by atoms with Gasteiger partial charge in [-0.25, -0.2) is 9.69 Å². The Morgan fingerprint density at radius 2 is 2.00 bits per heavy atom. The second-order valence-electron chi connectivity index (χ2n) is 3.06. The fraction of sp³-hybridized carbons (Fsp3) is 0.222. The molecule has 7 heteroatoms. The van der Waals surface area contributed by atoms with E-state index in [-0.39, 0.29) is 23.8 Å². The lowest BCUT2D eigenvalue weighted by Gasteiger charge is -2.24. The predicted octanol–water partition coefficient (Wildman–Crippen LogP) is 0.336. The van der Waals surface area contributed by atoms with Crippen LogP contribution in [0.5, 0.6) is 0 Å². The van der Waals surface area contributed by atoms with Gasteiger partial charge in [-0.3, -0.25) is 9.59 Å². The molecule has 0 unspecified atom stereocenters. The Morgan fingerprint density at radius 3 is 2.56 bits per heavy atom. The first-order valence-electron chi connectivity index (χ1n) is 4.35. The summed E-state index contributed by atoms with van der Waals surface area (Å²) in [7, 11) is 0. The highest BCUT2D eigenvalue weighted by Gasteiger charge is 2.31. The third-order valence-electron chi connectivity index (χ3n) is 2.03. The first-order chi connectivity index (χ1) is 7.61. The normalized spacial score (nSPS) is 16.6. The summed E-state index contributed by atoms with van der Waals surface area (Å²) < 4.78 is 4.74. The molecule has 0 aromatic carbocycles. The van der Waals surface area contributed by atoms with Crippen molar-refractivity contribution in [3.63, 3.8) is 0 Å². The van der Waals surface area contributed by atoms with Crippen LogP contribution in [-0.2, 0) is 14.3 Å². The van der Waals surface area contributed by atoms with Crippen LogP contribution < -0.4 is 4.90 Å². The zero-order chi connectivity index (χ0) is 11.7. The summed E-state index contributed by atoms with van der Waals surface area (Å²) in [4.78, 5) is 34.6. The molecule has 1 N–H and O–H groups in total. The minimum atomic E-state index is -1.16. The Morgan fingerprint density at radius 1 is 1.38 bits per heavy atom. The Hall–Kier alpha value is -1.73. The third-order valence-corrected chi connectivity index (χ3v) is 2.92. The minimum absolute atomic E-state index is 0.0244. The van der Waals surface area contributed by atoms with Crippen LogP contribution in [-0.4, -0.2) is 36.1 Å². The molecule has 1 aromatic heterocycles. The maximum atomic E-state index is 11.5. The van der Waals surface area contributed by atoms with Crippen LogP contribution in [0.25, 0.3) is 0 Å². The zero-order valence-electron chi connectivity index (χ0n) is 8.00. The molecule has 0 radical (unpaired) electrons. The van der Waals surface area contributed by atoms with Crippen LogP contribution in [0.1, 0.15) is 9.67 Å². The number of anilines is 1. The van der Waals surface area contributed by atoms with Crippen LogP contribution in [0.3, 0.4) is 0 Å². The lowest BCUT2D eigenvalue weighted by molar-refractivity contribution is -0.138. The number of thiophene rings is 1. The zero-order valence-corrected chi connectivity index (χ0v) is 8.82. The van der Waals surface area contributed by atoms with Crippen molar-refractivity contribution in [1.29, 1.82) is 0 Å². The molecule has 0 saturated carbocycles. The molecule has 1 aliphatic heterocycles. The van der Waals surface area contributed by atoms with Crippen molar-refractivity contribution in [2.45, 2.75) is 0 Å². The van der Waals surface area contributed by atoms with E-state index in [1.165, 1.54) is 11.4 Å². The molecule has 84 valence electrons. The van der Waals surface area contributed by atoms with Crippen LogP contribution in [0, 0.1) is 0 Å². The van der Waals surface area contributed by atoms with Gasteiger partial charge in [-0.15, -0.1) is 11.3 Å². The van der Waals surface area contributed by atoms with Gasteiger partial charge < -0.3 is 9.84 Å². The van der Waals surface area contributed by atoms with Crippen molar-refractivity contribution in [2.75, 3.05) is 18.1 Å². The fourth-order valence-electron chi connectivity index (χ4n) is 1.40. The molecule has 1 aliphatic rings. The highest BCUT2D eigenvalue weighted by Crippen LogP contribution is 2.27. The number of hydrogen-bond donors (Lipinski definition) is 1. The van der Waals surface area contributed by atoms with Crippen LogP contribution in [0.2, 0.25) is 0 Å². The number of imide groups is 1. The van der Waals surface area contributed by atoms with Crippen molar-refractivity contribution >= 4 is 34.8 Å². The highest BCUT2D eigenvalue weighted by atomic mass is 32.1. The van der Waals surface area contributed by atoms with Gasteiger partial charge >= 0.3 is 5.97 Å². The van der Waals surface area contributed by atoms with E-state index >= 15 is 0 Å². The van der Waals surface area contributed by atoms with E-state index < -0.39 is 17.8 Å². The maximum Gasteiger partial charge on any atom is 0.348 e. The highest BCUT2D eigenvalue weighted by molar-refractivity contribution is 7.12. The number of carbonyl (C=O) groups excluding carboxylic acids is 2. The fourth-order valence-corrected chi connectivity index (χ4v) is 2.12. The van der Waals surface area contributed by atoms with Crippen molar-refractivity contribution in [3.8, 4) is 0 Å². The summed E-state index contributed by atoms with van der Waals surface area (Å²) in [5.74, 6) is -2.24. The Bertz CT molecular complexity index is 450. The molecule has 16 heavy (non-hydrogen) atoms. The number of rotatable bonds is 2. The van der Waals surface area contributed by atoms with Gasteiger partial charge in [-0.05, 0) is 11.4 Å². The number of carboxylic acid groups (broad SMARTS) is 1. The molecule has 0 aliphatic carbocycles. The summed E-state index contributed by atoms with van der Waals surface area (Å²) in [6.07, 6.45) is 0. The molecular formula is C9H7NO5S. The lowest BCUT2D eigenvalue weighted by atomic mass is 10.3. The van der Waals surface area contributed by atoms with Gasteiger partial charge in [0.25, 0.3) is 11.8 Å². The van der Waals surface area contributed by atoms with E-state index in [4.69, 9.17) is 9.84 Å². The van der Waals surface area contributed by atoms with Gasteiger partial charge in [-0.1, -0.05) is 0 Å². The number of ether oxygens (including phenoxy) is 1. The molecule has 6 nitrogen and oxygen atoms in total. The van der Waals surface area contributed by atoms with E-state index in [1.807, 2.05) is 0 Å². The molecule has 2 heterocycles. The van der Waals surface area contributed by atoms with Gasteiger partial charge in [0.05, 0.1) is 5.69 Å².